The number of carbonyl (C=O) groups is 1. The summed E-state index contributed by atoms with van der Waals surface area (Å²) in [4.78, 5) is 17.2. The van der Waals surface area contributed by atoms with E-state index in [1.54, 1.807) is 13.2 Å². The van der Waals surface area contributed by atoms with Crippen LogP contribution in [0.1, 0.15) is 22.3 Å². The molecule has 0 saturated carbocycles. The summed E-state index contributed by atoms with van der Waals surface area (Å²) in [7, 11) is 1.68. The van der Waals surface area contributed by atoms with Crippen molar-refractivity contribution in [3.05, 3.63) is 53.6 Å². The minimum atomic E-state index is 0.0552. The van der Waals surface area contributed by atoms with E-state index >= 15 is 0 Å². The van der Waals surface area contributed by atoms with Crippen molar-refractivity contribution in [3.8, 4) is 17.2 Å². The highest BCUT2D eigenvalue weighted by Gasteiger charge is 2.22. The molecular weight excluding hydrogens is 344 g/mol. The summed E-state index contributed by atoms with van der Waals surface area (Å²) in [5.41, 5.74) is 1.91. The molecule has 6 nitrogen and oxygen atoms in total. The number of amides is 1. The van der Waals surface area contributed by atoms with Gasteiger partial charge in [-0.2, -0.15) is 0 Å². The van der Waals surface area contributed by atoms with E-state index in [0.717, 1.165) is 44.9 Å². The average Bonchev–Trinajstić information content (AvgIpc) is 3.06. The molecule has 0 bridgehead atoms. The Morgan fingerprint density at radius 2 is 1.81 bits per heavy atom. The smallest absolute Gasteiger partial charge is 0.254 e. The lowest BCUT2D eigenvalue weighted by atomic mass is 10.1. The Kier molecular flexibility index (Phi) is 5.16. The molecule has 6 heteroatoms. The highest BCUT2D eigenvalue weighted by Crippen LogP contribution is 2.32. The van der Waals surface area contributed by atoms with E-state index in [1.807, 2.05) is 29.2 Å². The van der Waals surface area contributed by atoms with Crippen LogP contribution in [0, 0.1) is 0 Å². The Bertz CT molecular complexity index is 806. The quantitative estimate of drug-likeness (QED) is 0.831. The van der Waals surface area contributed by atoms with E-state index in [9.17, 15) is 4.79 Å². The number of carbonyl (C=O) groups excluding carboxylic acids is 1. The van der Waals surface area contributed by atoms with E-state index in [0.29, 0.717) is 17.1 Å². The molecule has 142 valence electrons. The first-order valence-corrected chi connectivity index (χ1v) is 9.27. The third-order valence-electron chi connectivity index (χ3n) is 5.06. The second-order valence-electron chi connectivity index (χ2n) is 6.84. The summed E-state index contributed by atoms with van der Waals surface area (Å²) >= 11 is 0. The third kappa shape index (κ3) is 4.01. The molecule has 0 unspecified atom stereocenters. The molecule has 0 radical (unpaired) electrons. The number of fused-ring (bicyclic) bond motifs is 1. The molecule has 1 amide bonds. The Hall–Kier alpha value is -2.73. The van der Waals surface area contributed by atoms with Crippen LogP contribution in [-0.2, 0) is 6.54 Å². The number of benzene rings is 2. The molecule has 2 aliphatic rings. The van der Waals surface area contributed by atoms with Crippen molar-refractivity contribution in [3.63, 3.8) is 0 Å². The van der Waals surface area contributed by atoms with Crippen LogP contribution in [0.25, 0.3) is 0 Å². The van der Waals surface area contributed by atoms with Crippen molar-refractivity contribution in [2.75, 3.05) is 40.1 Å². The molecule has 2 aromatic rings. The van der Waals surface area contributed by atoms with Crippen LogP contribution in [-0.4, -0.2) is 55.8 Å². The fraction of sp³-hybridized carbons (Fsp3) is 0.381. The highest BCUT2D eigenvalue weighted by molar-refractivity contribution is 5.95. The molecule has 27 heavy (non-hydrogen) atoms. The summed E-state index contributed by atoms with van der Waals surface area (Å²) in [6.07, 6.45) is 0.965. The first-order valence-electron chi connectivity index (χ1n) is 9.27. The van der Waals surface area contributed by atoms with Crippen molar-refractivity contribution in [2.24, 2.45) is 0 Å². The van der Waals surface area contributed by atoms with Crippen LogP contribution in [0.5, 0.6) is 17.2 Å². The zero-order valence-corrected chi connectivity index (χ0v) is 15.5. The predicted molar refractivity (Wildman–Crippen MR) is 101 cm³/mol. The number of methoxy groups -OCH3 is 1. The van der Waals surface area contributed by atoms with Gasteiger partial charge in [-0.05, 0) is 42.3 Å². The molecule has 2 aromatic carbocycles. The monoisotopic (exact) mass is 368 g/mol. The van der Waals surface area contributed by atoms with Gasteiger partial charge in [0.05, 0.1) is 7.11 Å². The van der Waals surface area contributed by atoms with Gasteiger partial charge in [0.15, 0.2) is 11.5 Å². The van der Waals surface area contributed by atoms with Gasteiger partial charge < -0.3 is 19.1 Å². The maximum atomic E-state index is 12.9. The Balaban J connectivity index is 1.37. The van der Waals surface area contributed by atoms with E-state index in [-0.39, 0.29) is 12.7 Å². The molecule has 2 aliphatic heterocycles. The largest absolute Gasteiger partial charge is 0.497 e. The summed E-state index contributed by atoms with van der Waals surface area (Å²) < 4.78 is 15.9. The second-order valence-corrected chi connectivity index (χ2v) is 6.84. The lowest BCUT2D eigenvalue weighted by Crippen LogP contribution is -2.35. The van der Waals surface area contributed by atoms with Crippen LogP contribution in [0.4, 0.5) is 0 Å². The fourth-order valence-corrected chi connectivity index (χ4v) is 3.53. The van der Waals surface area contributed by atoms with Gasteiger partial charge in [-0.15, -0.1) is 0 Å². The third-order valence-corrected chi connectivity index (χ3v) is 5.06. The summed E-state index contributed by atoms with van der Waals surface area (Å²) in [5.74, 6) is 2.28. The van der Waals surface area contributed by atoms with Crippen LogP contribution in [0.15, 0.2) is 42.5 Å². The molecule has 1 saturated heterocycles. The van der Waals surface area contributed by atoms with Gasteiger partial charge >= 0.3 is 0 Å². The SMILES string of the molecule is COc1ccc(CN2CCCN(C(=O)c3ccc4c(c3)OCO4)CC2)cc1. The molecule has 0 atom stereocenters. The van der Waals surface area contributed by atoms with Gasteiger partial charge in [0.2, 0.25) is 6.79 Å². The Morgan fingerprint density at radius 1 is 1.00 bits per heavy atom. The Labute approximate surface area is 159 Å². The van der Waals surface area contributed by atoms with Gasteiger partial charge in [0.1, 0.15) is 5.75 Å². The lowest BCUT2D eigenvalue weighted by molar-refractivity contribution is 0.0760. The maximum Gasteiger partial charge on any atom is 0.254 e. The van der Waals surface area contributed by atoms with E-state index < -0.39 is 0 Å². The van der Waals surface area contributed by atoms with Crippen LogP contribution < -0.4 is 14.2 Å². The Morgan fingerprint density at radius 3 is 2.63 bits per heavy atom. The lowest BCUT2D eigenvalue weighted by Gasteiger charge is -2.22. The first-order chi connectivity index (χ1) is 13.2. The molecule has 0 aliphatic carbocycles. The zero-order valence-electron chi connectivity index (χ0n) is 15.5. The van der Waals surface area contributed by atoms with Crippen LogP contribution in [0.3, 0.4) is 0 Å². The van der Waals surface area contributed by atoms with Gasteiger partial charge in [-0.3, -0.25) is 9.69 Å². The topological polar surface area (TPSA) is 51.2 Å². The molecule has 0 spiro atoms. The fourth-order valence-electron chi connectivity index (χ4n) is 3.53. The predicted octanol–water partition coefficient (Wildman–Crippen LogP) is 2.77. The van der Waals surface area contributed by atoms with Gasteiger partial charge in [-0.1, -0.05) is 12.1 Å². The van der Waals surface area contributed by atoms with Crippen molar-refractivity contribution >= 4 is 5.91 Å². The summed E-state index contributed by atoms with van der Waals surface area (Å²) in [6.45, 7) is 4.45. The van der Waals surface area contributed by atoms with Gasteiger partial charge in [0.25, 0.3) is 5.91 Å². The number of hydrogen-bond acceptors (Lipinski definition) is 5. The van der Waals surface area contributed by atoms with Crippen LogP contribution >= 0.6 is 0 Å². The minimum absolute atomic E-state index is 0.0552. The minimum Gasteiger partial charge on any atom is -0.497 e. The molecular formula is C21H24N2O4. The summed E-state index contributed by atoms with van der Waals surface area (Å²) in [5, 5.41) is 0. The standard InChI is InChI=1S/C21H24N2O4/c1-25-18-6-3-16(4-7-18)14-22-9-2-10-23(12-11-22)21(24)17-5-8-19-20(13-17)27-15-26-19/h3-8,13H,2,9-12,14-15H2,1H3. The maximum absolute atomic E-state index is 12.9. The van der Waals surface area contributed by atoms with Gasteiger partial charge in [-0.25, -0.2) is 0 Å². The molecule has 0 N–H and O–H groups in total. The highest BCUT2D eigenvalue weighted by atomic mass is 16.7. The zero-order chi connectivity index (χ0) is 18.6. The van der Waals surface area contributed by atoms with E-state index in [2.05, 4.69) is 17.0 Å². The second kappa shape index (κ2) is 7.88. The van der Waals surface area contributed by atoms with Crippen LogP contribution in [0.2, 0.25) is 0 Å². The number of hydrogen-bond donors (Lipinski definition) is 0. The number of rotatable bonds is 4. The van der Waals surface area contributed by atoms with Crippen molar-refractivity contribution < 1.29 is 19.0 Å². The molecule has 1 fully saturated rings. The normalized spacial score (nSPS) is 16.9. The average molecular weight is 368 g/mol. The van der Waals surface area contributed by atoms with Crippen molar-refractivity contribution in [1.29, 1.82) is 0 Å². The molecule has 0 aromatic heterocycles. The van der Waals surface area contributed by atoms with E-state index in [4.69, 9.17) is 14.2 Å². The number of ether oxygens (including phenoxy) is 3. The van der Waals surface area contributed by atoms with Gasteiger partial charge in [0, 0.05) is 38.3 Å². The molecule has 2 heterocycles. The van der Waals surface area contributed by atoms with E-state index in [1.165, 1.54) is 5.56 Å². The summed E-state index contributed by atoms with van der Waals surface area (Å²) in [6, 6.07) is 13.6. The first kappa shape index (κ1) is 17.7. The van der Waals surface area contributed by atoms with Crippen molar-refractivity contribution in [2.45, 2.75) is 13.0 Å². The molecule has 4 rings (SSSR count). The van der Waals surface area contributed by atoms with Crippen molar-refractivity contribution in [1.82, 2.24) is 9.80 Å². The number of nitrogens with zero attached hydrogens (tertiary/aromatic N) is 2.